The molecule has 0 aliphatic heterocycles. The number of rotatable bonds is 8. The molecule has 0 saturated carbocycles. The number of para-hydroxylation sites is 1. The number of ether oxygens (including phenoxy) is 1. The molecule has 0 saturated heterocycles. The predicted molar refractivity (Wildman–Crippen MR) is 121 cm³/mol. The first-order chi connectivity index (χ1) is 14.5. The van der Waals surface area contributed by atoms with Gasteiger partial charge in [-0.25, -0.2) is 0 Å². The minimum Gasteiger partial charge on any atom is -0.379 e. The molecule has 0 spiro atoms. The van der Waals surface area contributed by atoms with Crippen molar-refractivity contribution in [1.82, 2.24) is 19.2 Å². The first-order valence-electron chi connectivity index (χ1n) is 9.90. The molecule has 156 valence electrons. The number of thioether (sulfide) groups is 1. The van der Waals surface area contributed by atoms with E-state index in [2.05, 4.69) is 10.2 Å². The molecule has 0 fully saturated rings. The Morgan fingerprint density at radius 2 is 1.97 bits per heavy atom. The van der Waals surface area contributed by atoms with Crippen LogP contribution in [-0.4, -0.2) is 31.9 Å². The molecule has 4 rings (SSSR count). The molecule has 2 heterocycles. The van der Waals surface area contributed by atoms with Crippen molar-refractivity contribution in [3.05, 3.63) is 69.5 Å². The molecule has 0 radical (unpaired) electrons. The first-order valence-corrected chi connectivity index (χ1v) is 11.3. The van der Waals surface area contributed by atoms with Crippen LogP contribution in [0.1, 0.15) is 25.8 Å². The summed E-state index contributed by atoms with van der Waals surface area (Å²) >= 11 is 7.68. The van der Waals surface area contributed by atoms with Gasteiger partial charge in [0.1, 0.15) is 0 Å². The van der Waals surface area contributed by atoms with Gasteiger partial charge < -0.3 is 4.74 Å². The lowest BCUT2D eigenvalue weighted by atomic mass is 10.2. The van der Waals surface area contributed by atoms with Crippen molar-refractivity contribution in [3.8, 4) is 0 Å². The predicted octanol–water partition coefficient (Wildman–Crippen LogP) is 4.81. The zero-order chi connectivity index (χ0) is 21.1. The summed E-state index contributed by atoms with van der Waals surface area (Å²) in [6.07, 6.45) is 0.894. The Morgan fingerprint density at radius 3 is 2.77 bits per heavy atom. The quantitative estimate of drug-likeness (QED) is 0.289. The van der Waals surface area contributed by atoms with Gasteiger partial charge in [-0.05, 0) is 50.1 Å². The molecule has 0 bridgehead atoms. The van der Waals surface area contributed by atoms with Crippen LogP contribution in [0.3, 0.4) is 0 Å². The monoisotopic (exact) mass is 442 g/mol. The highest BCUT2D eigenvalue weighted by Gasteiger charge is 2.16. The fourth-order valence-corrected chi connectivity index (χ4v) is 4.44. The Morgan fingerprint density at radius 1 is 1.13 bits per heavy atom. The third-order valence-corrected chi connectivity index (χ3v) is 5.95. The minimum atomic E-state index is -0.0542. The molecule has 6 nitrogen and oxygen atoms in total. The van der Waals surface area contributed by atoms with E-state index in [0.29, 0.717) is 35.1 Å². The fraction of sp³-hybridized carbons (Fsp3) is 0.318. The Bertz CT molecular complexity index is 1230. The summed E-state index contributed by atoms with van der Waals surface area (Å²) < 4.78 is 9.30. The van der Waals surface area contributed by atoms with E-state index in [9.17, 15) is 4.79 Å². The van der Waals surface area contributed by atoms with Gasteiger partial charge in [-0.15, -0.1) is 10.2 Å². The van der Waals surface area contributed by atoms with Crippen LogP contribution in [0.15, 0.2) is 58.5 Å². The molecule has 0 atom stereocenters. The highest BCUT2D eigenvalue weighted by atomic mass is 35.5. The number of fused-ring (bicyclic) bond motifs is 3. The van der Waals surface area contributed by atoms with Crippen molar-refractivity contribution in [2.75, 3.05) is 6.61 Å². The maximum atomic E-state index is 13.1. The van der Waals surface area contributed by atoms with E-state index in [1.54, 1.807) is 16.3 Å². The summed E-state index contributed by atoms with van der Waals surface area (Å²) in [5.41, 5.74) is 1.86. The number of benzene rings is 2. The summed E-state index contributed by atoms with van der Waals surface area (Å²) in [6, 6.07) is 15.4. The third kappa shape index (κ3) is 4.38. The zero-order valence-electron chi connectivity index (χ0n) is 16.9. The van der Waals surface area contributed by atoms with Crippen molar-refractivity contribution in [3.63, 3.8) is 0 Å². The summed E-state index contributed by atoms with van der Waals surface area (Å²) in [5, 5.41) is 10.9. The fourth-order valence-electron chi connectivity index (χ4n) is 3.34. The number of nitrogens with zero attached hydrogens (tertiary/aromatic N) is 4. The lowest BCUT2D eigenvalue weighted by Crippen LogP contribution is -2.24. The van der Waals surface area contributed by atoms with Crippen molar-refractivity contribution in [2.24, 2.45) is 0 Å². The molecule has 4 aromatic rings. The summed E-state index contributed by atoms with van der Waals surface area (Å²) in [6.45, 7) is 5.12. The zero-order valence-corrected chi connectivity index (χ0v) is 18.5. The van der Waals surface area contributed by atoms with Crippen LogP contribution in [0.2, 0.25) is 5.02 Å². The highest BCUT2D eigenvalue weighted by molar-refractivity contribution is 7.98. The Kier molecular flexibility index (Phi) is 6.41. The van der Waals surface area contributed by atoms with Gasteiger partial charge in [0, 0.05) is 23.9 Å². The number of aromatic nitrogens is 4. The van der Waals surface area contributed by atoms with E-state index in [4.69, 9.17) is 16.3 Å². The molecule has 0 amide bonds. The number of halogens is 1. The molecule has 30 heavy (non-hydrogen) atoms. The van der Waals surface area contributed by atoms with Gasteiger partial charge in [-0.1, -0.05) is 47.6 Å². The van der Waals surface area contributed by atoms with E-state index in [1.165, 1.54) is 0 Å². The first kappa shape index (κ1) is 20.9. The van der Waals surface area contributed by atoms with Gasteiger partial charge in [0.25, 0.3) is 5.56 Å². The number of aryl methyl sites for hydroxylation is 1. The van der Waals surface area contributed by atoms with Crippen molar-refractivity contribution in [1.29, 1.82) is 0 Å². The molecule has 0 N–H and O–H groups in total. The third-order valence-electron chi connectivity index (χ3n) is 4.71. The van der Waals surface area contributed by atoms with Crippen LogP contribution < -0.4 is 5.56 Å². The summed E-state index contributed by atoms with van der Waals surface area (Å²) in [5.74, 6) is 1.26. The standard InChI is InChI=1S/C22H23ClN4O2S/c1-15(2)29-12-6-11-26-20(28)18-9-3-4-10-19(18)27-21(26)24-25-22(27)30-14-16-7-5-8-17(23)13-16/h3-5,7-10,13,15H,6,11-12,14H2,1-2H3. The normalized spacial score (nSPS) is 11.7. The maximum Gasteiger partial charge on any atom is 0.262 e. The molecule has 2 aromatic heterocycles. The molecule has 2 aromatic carbocycles. The van der Waals surface area contributed by atoms with Crippen LogP contribution in [0.25, 0.3) is 16.7 Å². The lowest BCUT2D eigenvalue weighted by molar-refractivity contribution is 0.0748. The molecule has 0 aliphatic rings. The average molecular weight is 443 g/mol. The van der Waals surface area contributed by atoms with Crippen LogP contribution in [0, 0.1) is 0 Å². The largest absolute Gasteiger partial charge is 0.379 e. The van der Waals surface area contributed by atoms with E-state index in [-0.39, 0.29) is 11.7 Å². The van der Waals surface area contributed by atoms with Gasteiger partial charge in [0.2, 0.25) is 5.78 Å². The number of hydrogen-bond donors (Lipinski definition) is 0. The van der Waals surface area contributed by atoms with Crippen LogP contribution in [0.4, 0.5) is 0 Å². The van der Waals surface area contributed by atoms with E-state index >= 15 is 0 Å². The van der Waals surface area contributed by atoms with Crippen molar-refractivity contribution < 1.29 is 4.74 Å². The average Bonchev–Trinajstić information content (AvgIpc) is 3.15. The lowest BCUT2D eigenvalue weighted by Gasteiger charge is -2.12. The summed E-state index contributed by atoms with van der Waals surface area (Å²) in [4.78, 5) is 13.1. The van der Waals surface area contributed by atoms with Crippen LogP contribution in [0.5, 0.6) is 0 Å². The second-order valence-corrected chi connectivity index (χ2v) is 8.66. The number of hydrogen-bond acceptors (Lipinski definition) is 5. The molecule has 0 aliphatic carbocycles. The van der Waals surface area contributed by atoms with Crippen LogP contribution in [-0.2, 0) is 17.0 Å². The molecule has 0 unspecified atom stereocenters. The second kappa shape index (κ2) is 9.20. The SMILES string of the molecule is CC(C)OCCCn1c(=O)c2ccccc2n2c(SCc3cccc(Cl)c3)nnc12. The van der Waals surface area contributed by atoms with E-state index in [0.717, 1.165) is 22.7 Å². The topological polar surface area (TPSA) is 61.4 Å². The Hall–Kier alpha value is -2.35. The van der Waals surface area contributed by atoms with Gasteiger partial charge in [0.05, 0.1) is 17.0 Å². The molecular weight excluding hydrogens is 420 g/mol. The van der Waals surface area contributed by atoms with Gasteiger partial charge in [-0.2, -0.15) is 0 Å². The molecular formula is C22H23ClN4O2S. The summed E-state index contributed by atoms with van der Waals surface area (Å²) in [7, 11) is 0. The van der Waals surface area contributed by atoms with Gasteiger partial charge >= 0.3 is 0 Å². The Balaban J connectivity index is 1.71. The molecule has 8 heteroatoms. The van der Waals surface area contributed by atoms with Gasteiger partial charge in [0.15, 0.2) is 5.16 Å². The van der Waals surface area contributed by atoms with E-state index in [1.807, 2.05) is 66.8 Å². The van der Waals surface area contributed by atoms with Crippen molar-refractivity contribution in [2.45, 2.75) is 43.8 Å². The van der Waals surface area contributed by atoms with Crippen molar-refractivity contribution >= 4 is 40.0 Å². The van der Waals surface area contributed by atoms with Crippen LogP contribution >= 0.6 is 23.4 Å². The Labute approximate surface area is 183 Å². The van der Waals surface area contributed by atoms with Gasteiger partial charge in [-0.3, -0.25) is 13.8 Å². The second-order valence-electron chi connectivity index (χ2n) is 7.28. The smallest absolute Gasteiger partial charge is 0.262 e. The minimum absolute atomic E-state index is 0.0542. The maximum absolute atomic E-state index is 13.1. The van der Waals surface area contributed by atoms with E-state index < -0.39 is 0 Å². The highest BCUT2D eigenvalue weighted by Crippen LogP contribution is 2.25.